The fourth-order valence-corrected chi connectivity index (χ4v) is 7.66. The molecule has 0 aromatic heterocycles. The smallest absolute Gasteiger partial charge is 0.307 e. The molecule has 158 valence electrons. The summed E-state index contributed by atoms with van der Waals surface area (Å²) in [4.78, 5) is 13.7. The molecule has 1 N–H and O–H groups in total. The molecule has 3 heterocycles. The normalized spacial score (nSPS) is 30.9. The van der Waals surface area contributed by atoms with Crippen molar-refractivity contribution in [2.75, 3.05) is 19.6 Å². The van der Waals surface area contributed by atoms with E-state index in [1.165, 1.54) is 0 Å². The van der Waals surface area contributed by atoms with Gasteiger partial charge in [0.15, 0.2) is 0 Å². The van der Waals surface area contributed by atoms with Gasteiger partial charge in [0.2, 0.25) is 10.0 Å². The molecule has 0 saturated carbocycles. The lowest BCUT2D eigenvalue weighted by Gasteiger charge is -2.56. The summed E-state index contributed by atoms with van der Waals surface area (Å²) in [5.74, 6) is -0.445. The van der Waals surface area contributed by atoms with Gasteiger partial charge in [-0.25, -0.2) is 8.42 Å². The van der Waals surface area contributed by atoms with E-state index in [2.05, 4.69) is 4.90 Å². The second-order valence-electron chi connectivity index (χ2n) is 8.26. The number of carboxylic acids is 1. The highest BCUT2D eigenvalue weighted by Gasteiger charge is 2.51. The van der Waals surface area contributed by atoms with Gasteiger partial charge in [-0.1, -0.05) is 35.9 Å². The Hall–Kier alpha value is -1.41. The molecule has 0 bridgehead atoms. The first-order chi connectivity index (χ1) is 13.9. The van der Waals surface area contributed by atoms with Crippen LogP contribution in [0.5, 0.6) is 0 Å². The van der Waals surface area contributed by atoms with Crippen molar-refractivity contribution >= 4 is 27.6 Å². The van der Waals surface area contributed by atoms with E-state index in [9.17, 15) is 13.2 Å². The molecule has 0 spiro atoms. The van der Waals surface area contributed by atoms with Crippen molar-refractivity contribution in [1.29, 1.82) is 0 Å². The van der Waals surface area contributed by atoms with Gasteiger partial charge in [0.1, 0.15) is 4.90 Å². The van der Waals surface area contributed by atoms with Crippen molar-refractivity contribution in [3.05, 3.63) is 41.4 Å². The quantitative estimate of drug-likeness (QED) is 0.714. The number of hydrogen-bond donors (Lipinski definition) is 1. The van der Waals surface area contributed by atoms with Crippen molar-refractivity contribution in [2.24, 2.45) is 11.8 Å². The topological polar surface area (TPSA) is 77.9 Å². The highest BCUT2D eigenvalue weighted by Crippen LogP contribution is 2.44. The van der Waals surface area contributed by atoms with Crippen LogP contribution in [0.1, 0.15) is 32.1 Å². The predicted molar refractivity (Wildman–Crippen MR) is 111 cm³/mol. The summed E-state index contributed by atoms with van der Waals surface area (Å²) in [6.07, 6.45) is 7.41. The highest BCUT2D eigenvalue weighted by atomic mass is 35.5. The number of piperidine rings is 3. The SMILES string of the molecule is O=C(O)C/C=C/[C@@H]1[C@H]2CCCN3CCC[C@@H](CN1S(=O)(=O)c1ccccc1Cl)[C@@H]23. The molecule has 29 heavy (non-hydrogen) atoms. The Morgan fingerprint density at radius 3 is 2.66 bits per heavy atom. The number of aliphatic carboxylic acids is 1. The second-order valence-corrected chi connectivity index (χ2v) is 10.5. The van der Waals surface area contributed by atoms with E-state index >= 15 is 0 Å². The maximum absolute atomic E-state index is 13.6. The first kappa shape index (κ1) is 20.8. The molecule has 6 nitrogen and oxygen atoms in total. The zero-order chi connectivity index (χ0) is 20.6. The van der Waals surface area contributed by atoms with Crippen molar-refractivity contribution in [1.82, 2.24) is 9.21 Å². The van der Waals surface area contributed by atoms with E-state index < -0.39 is 16.0 Å². The molecular weight excluding hydrogens is 412 g/mol. The Morgan fingerprint density at radius 1 is 1.21 bits per heavy atom. The van der Waals surface area contributed by atoms with Gasteiger partial charge in [0, 0.05) is 18.6 Å². The molecule has 3 aliphatic rings. The second kappa shape index (κ2) is 8.38. The molecule has 3 fully saturated rings. The van der Waals surface area contributed by atoms with Gasteiger partial charge < -0.3 is 5.11 Å². The minimum absolute atomic E-state index is 0.110. The molecule has 8 heteroatoms. The van der Waals surface area contributed by atoms with Crippen molar-refractivity contribution in [2.45, 2.75) is 49.1 Å². The third-order valence-electron chi connectivity index (χ3n) is 6.58. The number of nitrogens with zero attached hydrogens (tertiary/aromatic N) is 2. The van der Waals surface area contributed by atoms with Crippen LogP contribution in [0.15, 0.2) is 41.3 Å². The molecule has 1 aromatic carbocycles. The molecule has 4 rings (SSSR count). The zero-order valence-corrected chi connectivity index (χ0v) is 17.9. The van der Waals surface area contributed by atoms with Crippen molar-refractivity contribution in [3.63, 3.8) is 0 Å². The average molecular weight is 439 g/mol. The van der Waals surface area contributed by atoms with E-state index in [0.717, 1.165) is 38.8 Å². The van der Waals surface area contributed by atoms with E-state index in [1.807, 2.05) is 6.08 Å². The Balaban J connectivity index is 1.74. The van der Waals surface area contributed by atoms with Crippen LogP contribution < -0.4 is 0 Å². The van der Waals surface area contributed by atoms with Crippen LogP contribution in [0.3, 0.4) is 0 Å². The van der Waals surface area contributed by atoms with Crippen LogP contribution in [-0.4, -0.2) is 60.4 Å². The van der Waals surface area contributed by atoms with Crippen molar-refractivity contribution < 1.29 is 18.3 Å². The summed E-state index contributed by atoms with van der Waals surface area (Å²) >= 11 is 6.25. The average Bonchev–Trinajstić information content (AvgIpc) is 2.69. The molecular formula is C21H27ClN2O4S. The van der Waals surface area contributed by atoms with Crippen molar-refractivity contribution in [3.8, 4) is 0 Å². The molecule has 3 saturated heterocycles. The molecule has 1 aromatic rings. The maximum Gasteiger partial charge on any atom is 0.307 e. The number of sulfonamides is 1. The number of carboxylic acid groups (broad SMARTS) is 1. The Labute approximate surface area is 177 Å². The lowest BCUT2D eigenvalue weighted by atomic mass is 9.70. The Morgan fingerprint density at radius 2 is 1.93 bits per heavy atom. The first-order valence-electron chi connectivity index (χ1n) is 10.3. The third kappa shape index (κ3) is 3.98. The summed E-state index contributed by atoms with van der Waals surface area (Å²) in [7, 11) is -3.80. The predicted octanol–water partition coefficient (Wildman–Crippen LogP) is 3.23. The number of hydrogen-bond acceptors (Lipinski definition) is 4. The van der Waals surface area contributed by atoms with Gasteiger partial charge >= 0.3 is 5.97 Å². The molecule has 3 aliphatic heterocycles. The fourth-order valence-electron chi connectivity index (χ4n) is 5.48. The standard InChI is InChI=1S/C21H27ClN2O4S/c22-17-8-1-2-10-19(17)29(27,28)24-14-15-6-4-12-23-13-5-7-16(21(15)23)18(24)9-3-11-20(25)26/h1-3,8-10,15-16,18,21H,4-7,11-14H2,(H,25,26)/b9-3+/t15-,16+,18+,21-/m0/s1. The molecule has 0 aliphatic carbocycles. The van der Waals surface area contributed by atoms with E-state index in [4.69, 9.17) is 16.7 Å². The summed E-state index contributed by atoms with van der Waals surface area (Å²) in [6, 6.07) is 6.57. The Bertz CT molecular complexity index is 902. The van der Waals surface area contributed by atoms with E-state index in [1.54, 1.807) is 34.6 Å². The number of benzene rings is 1. The summed E-state index contributed by atoms with van der Waals surface area (Å²) in [5.41, 5.74) is 0. The van der Waals surface area contributed by atoms with Crippen LogP contribution in [0.2, 0.25) is 5.02 Å². The third-order valence-corrected chi connectivity index (χ3v) is 8.94. The summed E-state index contributed by atoms with van der Waals surface area (Å²) < 4.78 is 28.8. The first-order valence-corrected chi connectivity index (χ1v) is 12.1. The van der Waals surface area contributed by atoms with Crippen LogP contribution in [0.4, 0.5) is 0 Å². The van der Waals surface area contributed by atoms with Gasteiger partial charge in [0.05, 0.1) is 11.4 Å². The highest BCUT2D eigenvalue weighted by molar-refractivity contribution is 7.89. The van der Waals surface area contributed by atoms with Gasteiger partial charge in [-0.2, -0.15) is 4.31 Å². The van der Waals surface area contributed by atoms with Crippen LogP contribution in [0.25, 0.3) is 0 Å². The van der Waals surface area contributed by atoms with E-state index in [-0.39, 0.29) is 28.3 Å². The van der Waals surface area contributed by atoms with Crippen LogP contribution in [-0.2, 0) is 14.8 Å². The number of carbonyl (C=O) groups is 1. The molecule has 0 radical (unpaired) electrons. The van der Waals surface area contributed by atoms with E-state index in [0.29, 0.717) is 18.5 Å². The Kier molecular flexibility index (Phi) is 6.02. The lowest BCUT2D eigenvalue weighted by molar-refractivity contribution is -0.136. The fraction of sp³-hybridized carbons (Fsp3) is 0.571. The number of halogens is 1. The maximum atomic E-state index is 13.6. The monoisotopic (exact) mass is 438 g/mol. The number of rotatable bonds is 5. The molecule has 0 unspecified atom stereocenters. The van der Waals surface area contributed by atoms with Gasteiger partial charge in [-0.15, -0.1) is 0 Å². The van der Waals surface area contributed by atoms with Gasteiger partial charge in [-0.05, 0) is 62.7 Å². The van der Waals surface area contributed by atoms with Gasteiger partial charge in [0.25, 0.3) is 0 Å². The zero-order valence-electron chi connectivity index (χ0n) is 16.3. The minimum Gasteiger partial charge on any atom is -0.481 e. The minimum atomic E-state index is -3.80. The van der Waals surface area contributed by atoms with Crippen LogP contribution >= 0.6 is 11.6 Å². The summed E-state index contributed by atoms with van der Waals surface area (Å²) in [6.45, 7) is 2.59. The molecule has 0 amide bonds. The largest absolute Gasteiger partial charge is 0.481 e. The van der Waals surface area contributed by atoms with Gasteiger partial charge in [-0.3, -0.25) is 9.69 Å². The lowest BCUT2D eigenvalue weighted by Crippen LogP contribution is -2.65. The van der Waals surface area contributed by atoms with Crippen LogP contribution in [0, 0.1) is 11.8 Å². The summed E-state index contributed by atoms with van der Waals surface area (Å²) in [5, 5.41) is 9.26. The molecule has 4 atom stereocenters.